The fraction of sp³-hybridized carbons (Fsp3) is 0.167. The van der Waals surface area contributed by atoms with Crippen LogP contribution in [0.25, 0.3) is 0 Å². The third-order valence-corrected chi connectivity index (χ3v) is 3.21. The van der Waals surface area contributed by atoms with Gasteiger partial charge in [0.1, 0.15) is 17.2 Å². The normalized spacial score (nSPS) is 12.4. The molecular weight excluding hydrogens is 239 g/mol. The van der Waals surface area contributed by atoms with Gasteiger partial charge >= 0.3 is 0 Å². The van der Waals surface area contributed by atoms with Crippen LogP contribution in [0.15, 0.2) is 46.7 Å². The Kier molecular flexibility index (Phi) is 3.71. The average Bonchev–Trinajstić information content (AvgIpc) is 2.33. The molecule has 1 heterocycles. The Balaban J connectivity index is 2.23. The molecule has 1 aromatic carbocycles. The summed E-state index contributed by atoms with van der Waals surface area (Å²) in [6.07, 6.45) is 2.37. The Bertz CT molecular complexity index is 505. The molecule has 0 radical (unpaired) electrons. The summed E-state index contributed by atoms with van der Waals surface area (Å²) in [7, 11) is 0. The van der Waals surface area contributed by atoms with E-state index in [1.54, 1.807) is 31.3 Å². The summed E-state index contributed by atoms with van der Waals surface area (Å²) >= 11 is 1.23. The van der Waals surface area contributed by atoms with Crippen LogP contribution in [0.2, 0.25) is 0 Å². The monoisotopic (exact) mass is 250 g/mol. The van der Waals surface area contributed by atoms with Gasteiger partial charge in [-0.25, -0.2) is 14.4 Å². The van der Waals surface area contributed by atoms with Crippen LogP contribution in [-0.4, -0.2) is 15.1 Å². The maximum Gasteiger partial charge on any atom is 0.137 e. The van der Waals surface area contributed by atoms with E-state index in [1.165, 1.54) is 24.2 Å². The first-order valence-corrected chi connectivity index (χ1v) is 5.90. The maximum absolute atomic E-state index is 13.7. The lowest BCUT2D eigenvalue weighted by molar-refractivity contribution is 0.198. The number of rotatable bonds is 3. The van der Waals surface area contributed by atoms with Crippen LogP contribution >= 0.6 is 11.8 Å². The molecule has 0 spiro atoms. The molecule has 1 unspecified atom stereocenters. The third kappa shape index (κ3) is 3.01. The van der Waals surface area contributed by atoms with Crippen molar-refractivity contribution < 1.29 is 9.50 Å². The second-order valence-electron chi connectivity index (χ2n) is 3.52. The van der Waals surface area contributed by atoms with Gasteiger partial charge in [-0.05, 0) is 30.7 Å². The predicted octanol–water partition coefficient (Wildman–Crippen LogP) is 2.82. The average molecular weight is 250 g/mol. The molecular formula is C12H11FN2OS. The first kappa shape index (κ1) is 12.0. The zero-order valence-corrected chi connectivity index (χ0v) is 9.99. The van der Waals surface area contributed by atoms with E-state index in [9.17, 15) is 9.50 Å². The highest BCUT2D eigenvalue weighted by Crippen LogP contribution is 2.29. The van der Waals surface area contributed by atoms with Gasteiger partial charge in [-0.2, -0.15) is 0 Å². The molecule has 0 aliphatic carbocycles. The van der Waals surface area contributed by atoms with Crippen LogP contribution in [-0.2, 0) is 0 Å². The lowest BCUT2D eigenvalue weighted by Gasteiger charge is -2.07. The summed E-state index contributed by atoms with van der Waals surface area (Å²) in [4.78, 5) is 8.28. The van der Waals surface area contributed by atoms with Gasteiger partial charge in [0.25, 0.3) is 0 Å². The van der Waals surface area contributed by atoms with E-state index in [-0.39, 0.29) is 5.82 Å². The Morgan fingerprint density at radius 2 is 2.18 bits per heavy atom. The van der Waals surface area contributed by atoms with Crippen LogP contribution < -0.4 is 0 Å². The van der Waals surface area contributed by atoms with Gasteiger partial charge in [-0.3, -0.25) is 0 Å². The number of benzene rings is 1. The second-order valence-corrected chi connectivity index (χ2v) is 4.58. The van der Waals surface area contributed by atoms with Crippen molar-refractivity contribution in [3.05, 3.63) is 48.2 Å². The van der Waals surface area contributed by atoms with Gasteiger partial charge in [-0.1, -0.05) is 17.8 Å². The SMILES string of the molecule is CC(O)c1ccc(Sc2ccncn2)c(F)c1. The molecule has 3 nitrogen and oxygen atoms in total. The molecule has 0 aliphatic heterocycles. The van der Waals surface area contributed by atoms with Crippen molar-refractivity contribution in [1.29, 1.82) is 0 Å². The zero-order chi connectivity index (χ0) is 12.3. The molecule has 0 amide bonds. The number of nitrogens with zero attached hydrogens (tertiary/aromatic N) is 2. The molecule has 0 aliphatic rings. The fourth-order valence-corrected chi connectivity index (χ4v) is 2.06. The summed E-state index contributed by atoms with van der Waals surface area (Å²) in [5, 5.41) is 10.0. The highest BCUT2D eigenvalue weighted by molar-refractivity contribution is 7.99. The van der Waals surface area contributed by atoms with Crippen molar-refractivity contribution in [2.45, 2.75) is 22.9 Å². The lowest BCUT2D eigenvalue weighted by atomic mass is 10.1. The van der Waals surface area contributed by atoms with Crippen LogP contribution in [0.3, 0.4) is 0 Å². The summed E-state index contributed by atoms with van der Waals surface area (Å²) < 4.78 is 13.7. The van der Waals surface area contributed by atoms with E-state index in [0.717, 1.165) is 0 Å². The summed E-state index contributed by atoms with van der Waals surface area (Å²) in [5.41, 5.74) is 0.564. The molecule has 17 heavy (non-hydrogen) atoms. The van der Waals surface area contributed by atoms with Crippen molar-refractivity contribution in [2.75, 3.05) is 0 Å². The molecule has 1 atom stereocenters. The fourth-order valence-electron chi connectivity index (χ4n) is 1.31. The first-order valence-electron chi connectivity index (χ1n) is 5.08. The van der Waals surface area contributed by atoms with Gasteiger partial charge in [0.2, 0.25) is 0 Å². The van der Waals surface area contributed by atoms with Crippen LogP contribution in [0.4, 0.5) is 4.39 Å². The number of halogens is 1. The van der Waals surface area contributed by atoms with Gasteiger partial charge in [0, 0.05) is 11.1 Å². The van der Waals surface area contributed by atoms with Crippen LogP contribution in [0, 0.1) is 5.82 Å². The highest BCUT2D eigenvalue weighted by Gasteiger charge is 2.08. The zero-order valence-electron chi connectivity index (χ0n) is 9.17. The highest BCUT2D eigenvalue weighted by atomic mass is 32.2. The molecule has 2 rings (SSSR count). The summed E-state index contributed by atoms with van der Waals surface area (Å²) in [6, 6.07) is 6.41. The van der Waals surface area contributed by atoms with E-state index < -0.39 is 6.10 Å². The van der Waals surface area contributed by atoms with Gasteiger partial charge in [-0.15, -0.1) is 0 Å². The molecule has 0 saturated carbocycles. The van der Waals surface area contributed by atoms with Gasteiger partial charge < -0.3 is 5.11 Å². The van der Waals surface area contributed by atoms with E-state index in [2.05, 4.69) is 9.97 Å². The van der Waals surface area contributed by atoms with E-state index in [0.29, 0.717) is 15.5 Å². The smallest absolute Gasteiger partial charge is 0.137 e. The number of aromatic nitrogens is 2. The third-order valence-electron chi connectivity index (χ3n) is 2.21. The maximum atomic E-state index is 13.7. The van der Waals surface area contributed by atoms with Crippen molar-refractivity contribution in [1.82, 2.24) is 9.97 Å². The molecule has 0 bridgehead atoms. The topological polar surface area (TPSA) is 46.0 Å². The summed E-state index contributed by atoms with van der Waals surface area (Å²) in [5.74, 6) is -0.355. The minimum Gasteiger partial charge on any atom is -0.389 e. The summed E-state index contributed by atoms with van der Waals surface area (Å²) in [6.45, 7) is 1.60. The minimum absolute atomic E-state index is 0.355. The standard InChI is InChI=1S/C12H11FN2OS/c1-8(16)9-2-3-11(10(13)6-9)17-12-4-5-14-7-15-12/h2-8,16H,1H3. The van der Waals surface area contributed by atoms with E-state index >= 15 is 0 Å². The predicted molar refractivity (Wildman–Crippen MR) is 63.2 cm³/mol. The Labute approximate surface area is 103 Å². The molecule has 1 aromatic heterocycles. The van der Waals surface area contributed by atoms with Crippen molar-refractivity contribution in [3.63, 3.8) is 0 Å². The molecule has 5 heteroatoms. The van der Waals surface area contributed by atoms with Crippen molar-refractivity contribution in [3.8, 4) is 0 Å². The Hall–Kier alpha value is -1.46. The first-order chi connectivity index (χ1) is 8.16. The van der Waals surface area contributed by atoms with E-state index in [1.807, 2.05) is 0 Å². The number of hydrogen-bond donors (Lipinski definition) is 1. The number of hydrogen-bond acceptors (Lipinski definition) is 4. The number of aliphatic hydroxyl groups is 1. The van der Waals surface area contributed by atoms with E-state index in [4.69, 9.17) is 0 Å². The van der Waals surface area contributed by atoms with Gasteiger partial charge in [0.15, 0.2) is 0 Å². The molecule has 88 valence electrons. The van der Waals surface area contributed by atoms with Crippen LogP contribution in [0.1, 0.15) is 18.6 Å². The Morgan fingerprint density at radius 1 is 1.35 bits per heavy atom. The molecule has 0 fully saturated rings. The van der Waals surface area contributed by atoms with Crippen LogP contribution in [0.5, 0.6) is 0 Å². The minimum atomic E-state index is -0.664. The molecule has 1 N–H and O–H groups in total. The molecule has 2 aromatic rings. The number of aliphatic hydroxyl groups excluding tert-OH is 1. The quantitative estimate of drug-likeness (QED) is 0.851. The lowest BCUT2D eigenvalue weighted by Crippen LogP contribution is -1.93. The molecule has 0 saturated heterocycles. The van der Waals surface area contributed by atoms with Crippen molar-refractivity contribution >= 4 is 11.8 Å². The largest absolute Gasteiger partial charge is 0.389 e. The second kappa shape index (κ2) is 5.25. The van der Waals surface area contributed by atoms with Crippen molar-refractivity contribution in [2.24, 2.45) is 0 Å². The Morgan fingerprint density at radius 3 is 2.76 bits per heavy atom. The van der Waals surface area contributed by atoms with Gasteiger partial charge in [0.05, 0.1) is 6.10 Å².